The minimum atomic E-state index is 0.176. The Morgan fingerprint density at radius 1 is 1.32 bits per heavy atom. The van der Waals surface area contributed by atoms with Crippen LogP contribution in [0.5, 0.6) is 5.75 Å². The van der Waals surface area contributed by atoms with E-state index in [0.717, 1.165) is 28.9 Å². The molecule has 2 rings (SSSR count). The molecule has 7 heteroatoms. The molecule has 0 spiro atoms. The lowest BCUT2D eigenvalue weighted by molar-refractivity contribution is 0.289. The van der Waals surface area contributed by atoms with E-state index >= 15 is 0 Å². The highest BCUT2D eigenvalue weighted by molar-refractivity contribution is 7.99. The van der Waals surface area contributed by atoms with Gasteiger partial charge >= 0.3 is 0 Å². The SMILES string of the molecule is C=CCn1c(COc2ccc(Cl)cc2)nnc1SCCCO. The van der Waals surface area contributed by atoms with Crippen molar-refractivity contribution in [1.82, 2.24) is 14.8 Å². The van der Waals surface area contributed by atoms with Gasteiger partial charge in [0.25, 0.3) is 0 Å². The second-order valence-corrected chi connectivity index (χ2v) is 5.96. The molecule has 0 saturated heterocycles. The lowest BCUT2D eigenvalue weighted by atomic mass is 10.3. The molecule has 2 aromatic rings. The van der Waals surface area contributed by atoms with Gasteiger partial charge in [0.15, 0.2) is 11.0 Å². The van der Waals surface area contributed by atoms with Crippen molar-refractivity contribution >= 4 is 23.4 Å². The molecule has 0 radical (unpaired) electrons. The number of rotatable bonds is 9. The highest BCUT2D eigenvalue weighted by Crippen LogP contribution is 2.20. The summed E-state index contributed by atoms with van der Waals surface area (Å²) < 4.78 is 7.67. The molecular formula is C15H18ClN3O2S. The molecule has 0 aliphatic heterocycles. The van der Waals surface area contributed by atoms with Crippen LogP contribution in [0.15, 0.2) is 42.1 Å². The van der Waals surface area contributed by atoms with Crippen LogP contribution < -0.4 is 4.74 Å². The van der Waals surface area contributed by atoms with Crippen LogP contribution in [0.2, 0.25) is 5.02 Å². The number of aliphatic hydroxyl groups excluding tert-OH is 1. The predicted octanol–water partition coefficient (Wildman–Crippen LogP) is 3.17. The van der Waals surface area contributed by atoms with Gasteiger partial charge in [-0.25, -0.2) is 0 Å². The van der Waals surface area contributed by atoms with Crippen molar-refractivity contribution in [3.05, 3.63) is 47.8 Å². The van der Waals surface area contributed by atoms with Crippen LogP contribution in [0.4, 0.5) is 0 Å². The van der Waals surface area contributed by atoms with Crippen LogP contribution in [0.3, 0.4) is 0 Å². The van der Waals surface area contributed by atoms with Crippen molar-refractivity contribution in [2.45, 2.75) is 24.7 Å². The number of hydrogen-bond acceptors (Lipinski definition) is 5. The molecule has 1 aromatic heterocycles. The van der Waals surface area contributed by atoms with Gasteiger partial charge in [-0.1, -0.05) is 29.4 Å². The summed E-state index contributed by atoms with van der Waals surface area (Å²) in [4.78, 5) is 0. The molecule has 0 aliphatic carbocycles. The Hall–Kier alpha value is -1.50. The van der Waals surface area contributed by atoms with Crippen LogP contribution in [-0.4, -0.2) is 32.2 Å². The molecule has 1 N–H and O–H groups in total. The van der Waals surface area contributed by atoms with E-state index in [-0.39, 0.29) is 6.61 Å². The summed E-state index contributed by atoms with van der Waals surface area (Å²) in [6.45, 7) is 4.88. The van der Waals surface area contributed by atoms with Gasteiger partial charge in [-0.05, 0) is 30.7 Å². The number of allylic oxidation sites excluding steroid dienone is 1. The molecule has 1 heterocycles. The maximum atomic E-state index is 8.85. The van der Waals surface area contributed by atoms with Crippen LogP contribution >= 0.6 is 23.4 Å². The normalized spacial score (nSPS) is 10.6. The van der Waals surface area contributed by atoms with E-state index in [9.17, 15) is 0 Å². The topological polar surface area (TPSA) is 60.2 Å². The van der Waals surface area contributed by atoms with Crippen molar-refractivity contribution < 1.29 is 9.84 Å². The first kappa shape index (κ1) is 16.9. The molecular weight excluding hydrogens is 322 g/mol. The largest absolute Gasteiger partial charge is 0.486 e. The third-order valence-corrected chi connectivity index (χ3v) is 4.13. The van der Waals surface area contributed by atoms with Crippen molar-refractivity contribution in [3.63, 3.8) is 0 Å². The van der Waals surface area contributed by atoms with Crippen molar-refractivity contribution in [1.29, 1.82) is 0 Å². The number of aromatic nitrogens is 3. The van der Waals surface area contributed by atoms with Crippen LogP contribution in [0.25, 0.3) is 0 Å². The number of aliphatic hydroxyl groups is 1. The predicted molar refractivity (Wildman–Crippen MR) is 88.4 cm³/mol. The minimum absolute atomic E-state index is 0.176. The van der Waals surface area contributed by atoms with E-state index in [4.69, 9.17) is 21.4 Å². The summed E-state index contributed by atoms with van der Waals surface area (Å²) >= 11 is 7.41. The molecule has 118 valence electrons. The summed E-state index contributed by atoms with van der Waals surface area (Å²) in [5, 5.41) is 18.7. The highest BCUT2D eigenvalue weighted by atomic mass is 35.5. The van der Waals surface area contributed by atoms with Crippen molar-refractivity contribution in [3.8, 4) is 5.75 Å². The number of nitrogens with zero attached hydrogens (tertiary/aromatic N) is 3. The van der Waals surface area contributed by atoms with Gasteiger partial charge in [-0.2, -0.15) is 0 Å². The summed E-state index contributed by atoms with van der Waals surface area (Å²) in [5.41, 5.74) is 0. The second-order valence-electron chi connectivity index (χ2n) is 4.47. The molecule has 0 bridgehead atoms. The highest BCUT2D eigenvalue weighted by Gasteiger charge is 2.12. The Kier molecular flexibility index (Phi) is 6.76. The van der Waals surface area contributed by atoms with E-state index in [1.807, 2.05) is 16.7 Å². The Balaban J connectivity index is 2.02. The number of halogens is 1. The average molecular weight is 340 g/mol. The maximum absolute atomic E-state index is 8.85. The lowest BCUT2D eigenvalue weighted by Crippen LogP contribution is -2.07. The Bertz CT molecular complexity index is 601. The van der Waals surface area contributed by atoms with Gasteiger partial charge in [-0.15, -0.1) is 16.8 Å². The van der Waals surface area contributed by atoms with Gasteiger partial charge in [0.2, 0.25) is 0 Å². The molecule has 22 heavy (non-hydrogen) atoms. The zero-order valence-electron chi connectivity index (χ0n) is 12.1. The van der Waals surface area contributed by atoms with Crippen LogP contribution in [-0.2, 0) is 13.2 Å². The lowest BCUT2D eigenvalue weighted by Gasteiger charge is -2.09. The van der Waals surface area contributed by atoms with Crippen LogP contribution in [0.1, 0.15) is 12.2 Å². The van der Waals surface area contributed by atoms with Gasteiger partial charge in [0, 0.05) is 23.9 Å². The summed E-state index contributed by atoms with van der Waals surface area (Å²) in [7, 11) is 0. The first-order valence-electron chi connectivity index (χ1n) is 6.89. The van der Waals surface area contributed by atoms with Crippen molar-refractivity contribution in [2.24, 2.45) is 0 Å². The van der Waals surface area contributed by atoms with E-state index in [1.165, 1.54) is 0 Å². The maximum Gasteiger partial charge on any atom is 0.191 e. The molecule has 0 fully saturated rings. The third kappa shape index (κ3) is 4.76. The fraction of sp³-hybridized carbons (Fsp3) is 0.333. The zero-order valence-corrected chi connectivity index (χ0v) is 13.7. The smallest absolute Gasteiger partial charge is 0.191 e. The van der Waals surface area contributed by atoms with Gasteiger partial charge in [0.1, 0.15) is 12.4 Å². The third-order valence-electron chi connectivity index (χ3n) is 2.82. The summed E-state index contributed by atoms with van der Waals surface area (Å²) in [6, 6.07) is 7.18. The fourth-order valence-corrected chi connectivity index (χ4v) is 2.77. The van der Waals surface area contributed by atoms with E-state index in [2.05, 4.69) is 16.8 Å². The first-order valence-corrected chi connectivity index (χ1v) is 8.26. The molecule has 5 nitrogen and oxygen atoms in total. The average Bonchev–Trinajstić information content (AvgIpc) is 2.90. The summed E-state index contributed by atoms with van der Waals surface area (Å²) in [6.07, 6.45) is 2.52. The van der Waals surface area contributed by atoms with E-state index in [1.54, 1.807) is 30.0 Å². The number of hydrogen-bond donors (Lipinski definition) is 1. The van der Waals surface area contributed by atoms with Crippen LogP contribution in [0, 0.1) is 0 Å². The Labute approximate surface area is 139 Å². The first-order chi connectivity index (χ1) is 10.7. The fourth-order valence-electron chi connectivity index (χ4n) is 1.75. The molecule has 0 unspecified atom stereocenters. The van der Waals surface area contributed by atoms with E-state index < -0.39 is 0 Å². The number of benzene rings is 1. The Morgan fingerprint density at radius 3 is 2.77 bits per heavy atom. The molecule has 0 amide bonds. The Morgan fingerprint density at radius 2 is 2.09 bits per heavy atom. The molecule has 0 aliphatic rings. The van der Waals surface area contributed by atoms with Crippen molar-refractivity contribution in [2.75, 3.05) is 12.4 Å². The van der Waals surface area contributed by atoms with Gasteiger partial charge < -0.3 is 9.84 Å². The van der Waals surface area contributed by atoms with E-state index in [0.29, 0.717) is 18.2 Å². The molecule has 0 saturated carbocycles. The molecule has 1 aromatic carbocycles. The monoisotopic (exact) mass is 339 g/mol. The zero-order chi connectivity index (χ0) is 15.8. The van der Waals surface area contributed by atoms with Gasteiger partial charge in [-0.3, -0.25) is 4.57 Å². The second kappa shape index (κ2) is 8.82. The van der Waals surface area contributed by atoms with Gasteiger partial charge in [0.05, 0.1) is 0 Å². The number of ether oxygens (including phenoxy) is 1. The quantitative estimate of drug-likeness (QED) is 0.432. The molecule has 0 atom stereocenters. The summed E-state index contributed by atoms with van der Waals surface area (Å²) in [5.74, 6) is 2.26. The number of thioether (sulfide) groups is 1. The minimum Gasteiger partial charge on any atom is -0.486 e. The standard InChI is InChI=1S/C15H18ClN3O2S/c1-2-8-19-14(17-18-15(19)22-10-3-9-20)11-21-13-6-4-12(16)5-7-13/h2,4-7,20H,1,3,8-11H2.